The van der Waals surface area contributed by atoms with Gasteiger partial charge in [0.25, 0.3) is 0 Å². The van der Waals surface area contributed by atoms with Gasteiger partial charge in [-0.2, -0.15) is 0 Å². The first-order valence-corrected chi connectivity index (χ1v) is 7.84. The molecule has 4 heteroatoms. The zero-order valence-corrected chi connectivity index (χ0v) is 12.1. The highest BCUT2D eigenvalue weighted by Crippen LogP contribution is 2.22. The topological polar surface area (TPSA) is 41.1 Å². The van der Waals surface area contributed by atoms with E-state index in [9.17, 15) is 4.79 Å². The molecule has 1 aliphatic heterocycles. The predicted octanol–water partition coefficient (Wildman–Crippen LogP) is 2.29. The Morgan fingerprint density at radius 2 is 2.20 bits per heavy atom. The molecule has 1 aromatic heterocycles. The first kappa shape index (κ1) is 13.3. The van der Waals surface area contributed by atoms with Crippen molar-refractivity contribution in [3.05, 3.63) is 57.8 Å². The molecule has 0 fully saturated rings. The van der Waals surface area contributed by atoms with Gasteiger partial charge >= 0.3 is 0 Å². The molecule has 3 rings (SSSR count). The Morgan fingerprint density at radius 1 is 1.30 bits per heavy atom. The fraction of sp³-hybridized carbons (Fsp3) is 0.312. The Kier molecular flexibility index (Phi) is 4.14. The van der Waals surface area contributed by atoms with Gasteiger partial charge in [0.05, 0.1) is 0 Å². The van der Waals surface area contributed by atoms with Crippen LogP contribution < -0.4 is 10.6 Å². The molecule has 0 radical (unpaired) electrons. The van der Waals surface area contributed by atoms with Gasteiger partial charge in [0, 0.05) is 18.0 Å². The summed E-state index contributed by atoms with van der Waals surface area (Å²) in [5.74, 6) is 0.0775. The molecule has 20 heavy (non-hydrogen) atoms. The van der Waals surface area contributed by atoms with Crippen LogP contribution >= 0.6 is 11.3 Å². The number of thiophene rings is 1. The van der Waals surface area contributed by atoms with Gasteiger partial charge in [-0.05, 0) is 35.4 Å². The van der Waals surface area contributed by atoms with E-state index in [1.165, 1.54) is 10.4 Å². The third-order valence-electron chi connectivity index (χ3n) is 3.62. The zero-order chi connectivity index (χ0) is 13.8. The number of fused-ring (bicyclic) bond motifs is 1. The lowest BCUT2D eigenvalue weighted by Crippen LogP contribution is -2.41. The second-order valence-corrected chi connectivity index (χ2v) is 5.99. The predicted molar refractivity (Wildman–Crippen MR) is 81.9 cm³/mol. The average molecular weight is 286 g/mol. The number of amides is 1. The molecule has 0 spiro atoms. The summed E-state index contributed by atoms with van der Waals surface area (Å²) in [7, 11) is 0. The summed E-state index contributed by atoms with van der Waals surface area (Å²) in [6.45, 7) is 1.56. The quantitative estimate of drug-likeness (QED) is 0.905. The van der Waals surface area contributed by atoms with E-state index in [2.05, 4.69) is 28.1 Å². The van der Waals surface area contributed by atoms with Crippen molar-refractivity contribution in [2.24, 2.45) is 0 Å². The monoisotopic (exact) mass is 286 g/mol. The molecular formula is C16H18N2OS. The van der Waals surface area contributed by atoms with Crippen molar-refractivity contribution in [3.8, 4) is 0 Å². The molecule has 1 atom stereocenters. The van der Waals surface area contributed by atoms with E-state index in [0.717, 1.165) is 24.9 Å². The number of nitrogens with one attached hydrogen (secondary N) is 2. The summed E-state index contributed by atoms with van der Waals surface area (Å²) in [5.41, 5.74) is 2.40. The lowest BCUT2D eigenvalue weighted by molar-refractivity contribution is -0.123. The highest BCUT2D eigenvalue weighted by Gasteiger charge is 2.25. The van der Waals surface area contributed by atoms with E-state index in [-0.39, 0.29) is 11.9 Å². The highest BCUT2D eigenvalue weighted by molar-refractivity contribution is 7.09. The minimum Gasteiger partial charge on any atom is -0.354 e. The zero-order valence-electron chi connectivity index (χ0n) is 11.3. The smallest absolute Gasteiger partial charge is 0.241 e. The summed E-state index contributed by atoms with van der Waals surface area (Å²) < 4.78 is 0. The fourth-order valence-corrected chi connectivity index (χ4v) is 3.31. The number of carbonyl (C=O) groups is 1. The van der Waals surface area contributed by atoms with Gasteiger partial charge in [0.2, 0.25) is 5.91 Å². The van der Waals surface area contributed by atoms with Crippen molar-refractivity contribution in [3.63, 3.8) is 0 Å². The Labute approximate surface area is 123 Å². The number of hydrogen-bond donors (Lipinski definition) is 2. The van der Waals surface area contributed by atoms with E-state index < -0.39 is 0 Å². The molecule has 2 aromatic rings. The Bertz CT molecular complexity index is 580. The lowest BCUT2D eigenvalue weighted by atomic mass is 9.94. The van der Waals surface area contributed by atoms with Gasteiger partial charge in [-0.25, -0.2) is 0 Å². The number of hydrogen-bond acceptors (Lipinski definition) is 3. The molecule has 0 aliphatic carbocycles. The second kappa shape index (κ2) is 6.20. The molecule has 0 saturated heterocycles. The minimum atomic E-state index is -0.205. The minimum absolute atomic E-state index is 0.0775. The molecule has 0 saturated carbocycles. The maximum Gasteiger partial charge on any atom is 0.241 e. The van der Waals surface area contributed by atoms with Crippen LogP contribution in [0.1, 0.15) is 22.0 Å². The molecule has 2 N–H and O–H groups in total. The van der Waals surface area contributed by atoms with Crippen LogP contribution in [0.15, 0.2) is 41.8 Å². The SMILES string of the molecule is O=C(NCCc1cccs1)C1NCCc2ccccc21. The van der Waals surface area contributed by atoms with E-state index in [1.54, 1.807) is 11.3 Å². The molecule has 1 unspecified atom stereocenters. The van der Waals surface area contributed by atoms with Crippen molar-refractivity contribution in [2.45, 2.75) is 18.9 Å². The van der Waals surface area contributed by atoms with Gasteiger partial charge < -0.3 is 10.6 Å². The Balaban J connectivity index is 1.60. The van der Waals surface area contributed by atoms with Crippen molar-refractivity contribution in [1.82, 2.24) is 10.6 Å². The van der Waals surface area contributed by atoms with Crippen LogP contribution in [0.5, 0.6) is 0 Å². The van der Waals surface area contributed by atoms with Gasteiger partial charge in [0.15, 0.2) is 0 Å². The van der Waals surface area contributed by atoms with Crippen molar-refractivity contribution < 1.29 is 4.79 Å². The summed E-state index contributed by atoms with van der Waals surface area (Å²) in [5, 5.41) is 8.41. The standard InChI is InChI=1S/C16H18N2OS/c19-16(18-10-8-13-5-3-11-20-13)15-14-6-2-1-4-12(14)7-9-17-15/h1-6,11,15,17H,7-10H2,(H,18,19). The van der Waals surface area contributed by atoms with Crippen molar-refractivity contribution in [2.75, 3.05) is 13.1 Å². The van der Waals surface area contributed by atoms with Crippen LogP contribution in [0.4, 0.5) is 0 Å². The lowest BCUT2D eigenvalue weighted by Gasteiger charge is -2.26. The van der Waals surface area contributed by atoms with E-state index in [4.69, 9.17) is 0 Å². The van der Waals surface area contributed by atoms with Gasteiger partial charge in [-0.3, -0.25) is 4.79 Å². The number of carbonyl (C=O) groups excluding carboxylic acids is 1. The first-order valence-electron chi connectivity index (χ1n) is 6.96. The third kappa shape index (κ3) is 2.92. The average Bonchev–Trinajstić information content (AvgIpc) is 3.00. The molecule has 1 aromatic carbocycles. The summed E-state index contributed by atoms with van der Waals surface area (Å²) in [4.78, 5) is 13.6. The van der Waals surface area contributed by atoms with Crippen LogP contribution in [-0.4, -0.2) is 19.0 Å². The summed E-state index contributed by atoms with van der Waals surface area (Å²) in [6.07, 6.45) is 1.90. The van der Waals surface area contributed by atoms with Gasteiger partial charge in [-0.1, -0.05) is 30.3 Å². The highest BCUT2D eigenvalue weighted by atomic mass is 32.1. The molecule has 1 aliphatic rings. The molecule has 104 valence electrons. The largest absolute Gasteiger partial charge is 0.354 e. The van der Waals surface area contributed by atoms with Gasteiger partial charge in [-0.15, -0.1) is 11.3 Å². The van der Waals surface area contributed by atoms with Crippen LogP contribution in [0.25, 0.3) is 0 Å². The normalized spacial score (nSPS) is 17.5. The molecular weight excluding hydrogens is 268 g/mol. The Hall–Kier alpha value is -1.65. The molecule has 0 bridgehead atoms. The number of benzene rings is 1. The maximum atomic E-state index is 12.3. The Morgan fingerprint density at radius 3 is 3.05 bits per heavy atom. The first-order chi connectivity index (χ1) is 9.84. The van der Waals surface area contributed by atoms with Crippen LogP contribution in [-0.2, 0) is 17.6 Å². The fourth-order valence-electron chi connectivity index (χ4n) is 2.60. The van der Waals surface area contributed by atoms with E-state index in [0.29, 0.717) is 6.54 Å². The van der Waals surface area contributed by atoms with E-state index >= 15 is 0 Å². The molecule has 3 nitrogen and oxygen atoms in total. The van der Waals surface area contributed by atoms with Crippen LogP contribution in [0.3, 0.4) is 0 Å². The van der Waals surface area contributed by atoms with Crippen LogP contribution in [0.2, 0.25) is 0 Å². The third-order valence-corrected chi connectivity index (χ3v) is 4.56. The maximum absolute atomic E-state index is 12.3. The number of rotatable bonds is 4. The molecule has 1 amide bonds. The second-order valence-electron chi connectivity index (χ2n) is 4.96. The van der Waals surface area contributed by atoms with Gasteiger partial charge in [0.1, 0.15) is 6.04 Å². The van der Waals surface area contributed by atoms with E-state index in [1.807, 2.05) is 24.3 Å². The van der Waals surface area contributed by atoms with Crippen molar-refractivity contribution >= 4 is 17.2 Å². The molecule has 2 heterocycles. The summed E-state index contributed by atoms with van der Waals surface area (Å²) in [6, 6.07) is 12.1. The summed E-state index contributed by atoms with van der Waals surface area (Å²) >= 11 is 1.73. The van der Waals surface area contributed by atoms with Crippen molar-refractivity contribution in [1.29, 1.82) is 0 Å². The van der Waals surface area contributed by atoms with Crippen LogP contribution in [0, 0.1) is 0 Å².